The topological polar surface area (TPSA) is 127 Å². The number of alkyl halides is 2. The molecule has 0 saturated carbocycles. The van der Waals surface area contributed by atoms with E-state index in [0.29, 0.717) is 22.8 Å². The van der Waals surface area contributed by atoms with Crippen LogP contribution in [0.2, 0.25) is 0 Å². The monoisotopic (exact) mass is 444 g/mol. The lowest BCUT2D eigenvalue weighted by Crippen LogP contribution is -2.62. The minimum atomic E-state index is -3.44. The maximum Gasteiger partial charge on any atom is 0.342 e. The van der Waals surface area contributed by atoms with Crippen LogP contribution in [0.4, 0.5) is 26.0 Å². The van der Waals surface area contributed by atoms with E-state index in [-0.39, 0.29) is 17.2 Å². The number of hydrogen-bond acceptors (Lipinski definition) is 8. The number of β-lactam (4-membered cyclic amide) rings is 1. The summed E-state index contributed by atoms with van der Waals surface area (Å²) >= 11 is 0. The Morgan fingerprint density at radius 3 is 2.62 bits per heavy atom. The van der Waals surface area contributed by atoms with Gasteiger partial charge >= 0.3 is 11.8 Å². The van der Waals surface area contributed by atoms with Gasteiger partial charge in [-0.25, -0.2) is 4.98 Å². The molecule has 2 aromatic heterocycles. The summed E-state index contributed by atoms with van der Waals surface area (Å²) in [4.78, 5) is 29.0. The van der Waals surface area contributed by atoms with Gasteiger partial charge in [-0.05, 0) is 12.1 Å². The number of amides is 2. The molecular formula is C19H18F2N8O3. The zero-order valence-corrected chi connectivity index (χ0v) is 17.3. The number of ether oxygens (including phenoxy) is 1. The summed E-state index contributed by atoms with van der Waals surface area (Å²) in [6.07, 6.45) is 1.54. The van der Waals surface area contributed by atoms with Crippen molar-refractivity contribution in [1.82, 2.24) is 30.3 Å². The Balaban J connectivity index is 1.75. The van der Waals surface area contributed by atoms with Gasteiger partial charge in [0.15, 0.2) is 23.1 Å². The quantitative estimate of drug-likeness (QED) is 0.546. The molecule has 11 nitrogen and oxygen atoms in total. The van der Waals surface area contributed by atoms with Crippen LogP contribution in [0.3, 0.4) is 0 Å². The SMILES string of the molecule is CNC(=O)c1nnc(N2CC(F)(F)C2=O)cc1Nc1cccc(-c2ncn(C)n2)c1OC. The van der Waals surface area contributed by atoms with Gasteiger partial charge in [0.05, 0.1) is 24.0 Å². The Morgan fingerprint density at radius 1 is 1.25 bits per heavy atom. The molecule has 3 aromatic rings. The van der Waals surface area contributed by atoms with Crippen LogP contribution in [0.15, 0.2) is 30.6 Å². The maximum absolute atomic E-state index is 13.3. The predicted molar refractivity (Wildman–Crippen MR) is 109 cm³/mol. The lowest BCUT2D eigenvalue weighted by atomic mass is 10.1. The molecule has 2 amide bonds. The number of para-hydroxylation sites is 1. The van der Waals surface area contributed by atoms with E-state index in [1.807, 2.05) is 0 Å². The number of carbonyl (C=O) groups is 2. The summed E-state index contributed by atoms with van der Waals surface area (Å²) in [5, 5.41) is 17.3. The number of nitrogens with zero attached hydrogens (tertiary/aromatic N) is 6. The van der Waals surface area contributed by atoms with Gasteiger partial charge in [0.1, 0.15) is 12.9 Å². The molecule has 0 atom stereocenters. The number of halogens is 2. The van der Waals surface area contributed by atoms with Gasteiger partial charge < -0.3 is 15.4 Å². The summed E-state index contributed by atoms with van der Waals surface area (Å²) in [5.41, 5.74) is 1.06. The highest BCUT2D eigenvalue weighted by atomic mass is 19.3. The number of anilines is 3. The van der Waals surface area contributed by atoms with Crippen molar-refractivity contribution in [1.29, 1.82) is 0 Å². The average Bonchev–Trinajstić information content (AvgIpc) is 3.22. The van der Waals surface area contributed by atoms with Crippen molar-refractivity contribution >= 4 is 29.0 Å². The minimum Gasteiger partial charge on any atom is -0.494 e. The summed E-state index contributed by atoms with van der Waals surface area (Å²) in [6.45, 7) is -0.816. The third-order valence-electron chi connectivity index (χ3n) is 4.74. The zero-order chi connectivity index (χ0) is 23.0. The van der Waals surface area contributed by atoms with E-state index in [2.05, 4.69) is 30.9 Å². The molecule has 0 bridgehead atoms. The van der Waals surface area contributed by atoms with E-state index in [1.54, 1.807) is 25.2 Å². The Labute approximate surface area is 180 Å². The molecule has 3 heterocycles. The Hall–Kier alpha value is -4.16. The van der Waals surface area contributed by atoms with Gasteiger partial charge in [-0.1, -0.05) is 6.07 Å². The number of hydrogen-bond donors (Lipinski definition) is 2. The highest BCUT2D eigenvalue weighted by molar-refractivity contribution is 6.05. The fraction of sp³-hybridized carbons (Fsp3) is 0.263. The first-order chi connectivity index (χ1) is 15.2. The highest BCUT2D eigenvalue weighted by Crippen LogP contribution is 2.38. The number of aromatic nitrogens is 5. The standard InChI is InChI=1S/C19H18F2N8O3/c1-22-17(30)14-12(7-13(25-26-14)29-8-19(20,21)18(29)31)24-11-6-4-5-10(15(11)32-3)16-23-9-28(2)27-16/h4-7,9H,8H2,1-3H3,(H,22,30)(H,24,25). The third kappa shape index (κ3) is 3.57. The van der Waals surface area contributed by atoms with E-state index in [0.717, 1.165) is 4.90 Å². The molecule has 1 aliphatic heterocycles. The highest BCUT2D eigenvalue weighted by Gasteiger charge is 2.55. The fourth-order valence-corrected chi connectivity index (χ4v) is 3.16. The first-order valence-corrected chi connectivity index (χ1v) is 9.34. The maximum atomic E-state index is 13.3. The molecule has 1 aromatic carbocycles. The van der Waals surface area contributed by atoms with Gasteiger partial charge in [-0.15, -0.1) is 10.2 Å². The van der Waals surface area contributed by atoms with Crippen molar-refractivity contribution in [3.63, 3.8) is 0 Å². The van der Waals surface area contributed by atoms with Gasteiger partial charge in [0, 0.05) is 20.2 Å². The second-order valence-corrected chi connectivity index (χ2v) is 6.89. The number of methoxy groups -OCH3 is 1. The fourth-order valence-electron chi connectivity index (χ4n) is 3.16. The van der Waals surface area contributed by atoms with Crippen molar-refractivity contribution in [2.45, 2.75) is 5.92 Å². The smallest absolute Gasteiger partial charge is 0.342 e. The van der Waals surface area contributed by atoms with E-state index in [4.69, 9.17) is 4.74 Å². The van der Waals surface area contributed by atoms with E-state index in [9.17, 15) is 18.4 Å². The van der Waals surface area contributed by atoms with Crippen LogP contribution in [0.1, 0.15) is 10.5 Å². The van der Waals surface area contributed by atoms with E-state index < -0.39 is 24.3 Å². The summed E-state index contributed by atoms with van der Waals surface area (Å²) in [7, 11) is 4.60. The van der Waals surface area contributed by atoms with Crippen molar-refractivity contribution in [2.75, 3.05) is 30.9 Å². The minimum absolute atomic E-state index is 0.0978. The van der Waals surface area contributed by atoms with Crippen LogP contribution in [0.5, 0.6) is 5.75 Å². The number of nitrogens with one attached hydrogen (secondary N) is 2. The van der Waals surface area contributed by atoms with E-state index in [1.165, 1.54) is 31.2 Å². The van der Waals surface area contributed by atoms with Crippen molar-refractivity contribution in [3.8, 4) is 17.1 Å². The molecule has 166 valence electrons. The molecule has 1 aliphatic rings. The molecule has 1 saturated heterocycles. The largest absolute Gasteiger partial charge is 0.494 e. The third-order valence-corrected chi connectivity index (χ3v) is 4.74. The van der Waals surface area contributed by atoms with Crippen LogP contribution in [-0.2, 0) is 11.8 Å². The molecule has 0 radical (unpaired) electrons. The first kappa shape index (κ1) is 21.1. The van der Waals surface area contributed by atoms with Crippen LogP contribution in [0, 0.1) is 0 Å². The van der Waals surface area contributed by atoms with Crippen LogP contribution in [-0.4, -0.2) is 63.4 Å². The lowest BCUT2D eigenvalue weighted by molar-refractivity contribution is -0.152. The molecule has 0 unspecified atom stereocenters. The average molecular weight is 444 g/mol. The second kappa shape index (κ2) is 7.83. The Morgan fingerprint density at radius 2 is 2.03 bits per heavy atom. The number of benzene rings is 1. The molecule has 0 spiro atoms. The molecule has 4 rings (SSSR count). The molecular weight excluding hydrogens is 426 g/mol. The Kier molecular flexibility index (Phi) is 5.16. The van der Waals surface area contributed by atoms with Crippen molar-refractivity contribution in [2.24, 2.45) is 7.05 Å². The van der Waals surface area contributed by atoms with Crippen LogP contribution < -0.4 is 20.3 Å². The van der Waals surface area contributed by atoms with Crippen LogP contribution in [0.25, 0.3) is 11.4 Å². The predicted octanol–water partition coefficient (Wildman–Crippen LogP) is 1.37. The van der Waals surface area contributed by atoms with Gasteiger partial charge in [-0.2, -0.15) is 13.9 Å². The molecule has 1 fully saturated rings. The second-order valence-electron chi connectivity index (χ2n) is 6.89. The number of carbonyl (C=O) groups excluding carboxylic acids is 2. The van der Waals surface area contributed by atoms with Crippen LogP contribution >= 0.6 is 0 Å². The number of rotatable bonds is 6. The molecule has 13 heteroatoms. The van der Waals surface area contributed by atoms with Gasteiger partial charge in [0.2, 0.25) is 0 Å². The first-order valence-electron chi connectivity index (χ1n) is 9.34. The van der Waals surface area contributed by atoms with Gasteiger partial charge in [0.25, 0.3) is 5.91 Å². The Bertz CT molecular complexity index is 1210. The van der Waals surface area contributed by atoms with Crippen molar-refractivity contribution < 1.29 is 23.1 Å². The van der Waals surface area contributed by atoms with E-state index >= 15 is 0 Å². The summed E-state index contributed by atoms with van der Waals surface area (Å²) in [6, 6.07) is 6.47. The summed E-state index contributed by atoms with van der Waals surface area (Å²) in [5.74, 6) is -4.70. The lowest BCUT2D eigenvalue weighted by Gasteiger charge is -2.36. The zero-order valence-electron chi connectivity index (χ0n) is 17.3. The number of aryl methyl sites for hydroxylation is 1. The van der Waals surface area contributed by atoms with Crippen molar-refractivity contribution in [3.05, 3.63) is 36.3 Å². The molecule has 32 heavy (non-hydrogen) atoms. The van der Waals surface area contributed by atoms with Gasteiger partial charge in [-0.3, -0.25) is 19.2 Å². The molecule has 2 N–H and O–H groups in total. The summed E-state index contributed by atoms with van der Waals surface area (Å²) < 4.78 is 33.7. The molecule has 0 aliphatic carbocycles. The normalized spacial score (nSPS) is 14.7.